The zero-order chi connectivity index (χ0) is 13.1. The first-order valence-electron chi connectivity index (χ1n) is 5.74. The molecule has 92 valence electrons. The lowest BCUT2D eigenvalue weighted by Gasteiger charge is -2.06. The average molecular weight is 241 g/mol. The summed E-state index contributed by atoms with van der Waals surface area (Å²) < 4.78 is 4.67. The molecule has 0 aliphatic carbocycles. The molecule has 0 spiro atoms. The van der Waals surface area contributed by atoms with Crippen molar-refractivity contribution < 1.29 is 9.53 Å². The second-order valence-corrected chi connectivity index (χ2v) is 4.28. The maximum Gasteiger partial charge on any atom is 0.356 e. The number of ether oxygens (including phenoxy) is 1. The third-order valence-electron chi connectivity index (χ3n) is 2.66. The molecular weight excluding hydrogens is 226 g/mol. The molecule has 0 saturated heterocycles. The molecule has 0 bridgehead atoms. The van der Waals surface area contributed by atoms with E-state index in [2.05, 4.69) is 27.9 Å². The minimum absolute atomic E-state index is 0.328. The van der Waals surface area contributed by atoms with E-state index in [1.54, 1.807) is 6.07 Å². The van der Waals surface area contributed by atoms with Crippen LogP contribution in [0.3, 0.4) is 0 Å². The Hall–Kier alpha value is -2.16. The first-order chi connectivity index (χ1) is 8.60. The number of nitrogens with zero attached hydrogens (tertiary/aromatic N) is 1. The second kappa shape index (κ2) is 5.00. The van der Waals surface area contributed by atoms with Crippen molar-refractivity contribution in [1.29, 1.82) is 0 Å². The molecule has 1 aromatic heterocycles. The van der Waals surface area contributed by atoms with Crippen LogP contribution in [0.1, 0.15) is 21.6 Å². The fraction of sp³-hybridized carbons (Fsp3) is 0.200. The van der Waals surface area contributed by atoms with E-state index >= 15 is 0 Å². The highest BCUT2D eigenvalue weighted by Gasteiger charge is 2.08. The van der Waals surface area contributed by atoms with Crippen LogP contribution in [0.25, 0.3) is 11.3 Å². The Morgan fingerprint density at radius 2 is 1.78 bits per heavy atom. The highest BCUT2D eigenvalue weighted by Crippen LogP contribution is 2.20. The van der Waals surface area contributed by atoms with Gasteiger partial charge in [0.15, 0.2) is 0 Å². The van der Waals surface area contributed by atoms with Crippen molar-refractivity contribution in [2.45, 2.75) is 13.8 Å². The van der Waals surface area contributed by atoms with Crippen molar-refractivity contribution in [3.8, 4) is 11.3 Å². The summed E-state index contributed by atoms with van der Waals surface area (Å²) in [7, 11) is 1.35. The van der Waals surface area contributed by atoms with E-state index in [9.17, 15) is 4.79 Å². The summed E-state index contributed by atoms with van der Waals surface area (Å²) in [6.45, 7) is 4.08. The molecule has 0 N–H and O–H groups in total. The Balaban J connectivity index is 2.47. The number of hydrogen-bond donors (Lipinski definition) is 0. The summed E-state index contributed by atoms with van der Waals surface area (Å²) >= 11 is 0. The lowest BCUT2D eigenvalue weighted by Crippen LogP contribution is -2.04. The van der Waals surface area contributed by atoms with Crippen molar-refractivity contribution in [3.05, 3.63) is 53.2 Å². The molecule has 0 radical (unpaired) electrons. The van der Waals surface area contributed by atoms with Gasteiger partial charge in [0.05, 0.1) is 12.8 Å². The van der Waals surface area contributed by atoms with Gasteiger partial charge in [-0.25, -0.2) is 9.78 Å². The number of hydrogen-bond acceptors (Lipinski definition) is 3. The Bertz CT molecular complexity index is 571. The van der Waals surface area contributed by atoms with Crippen LogP contribution in [0.15, 0.2) is 36.4 Å². The van der Waals surface area contributed by atoms with E-state index in [4.69, 9.17) is 0 Å². The first kappa shape index (κ1) is 12.3. The van der Waals surface area contributed by atoms with Crippen LogP contribution in [-0.2, 0) is 4.74 Å². The SMILES string of the molecule is COC(=O)c1cccc(-c2cc(C)cc(C)c2)n1. The summed E-state index contributed by atoms with van der Waals surface area (Å²) in [6.07, 6.45) is 0. The predicted octanol–water partition coefficient (Wildman–Crippen LogP) is 3.15. The third-order valence-corrected chi connectivity index (χ3v) is 2.66. The highest BCUT2D eigenvalue weighted by atomic mass is 16.5. The Kier molecular flexibility index (Phi) is 3.42. The molecule has 0 unspecified atom stereocenters. The summed E-state index contributed by atoms with van der Waals surface area (Å²) in [5.41, 5.74) is 4.47. The molecule has 3 nitrogen and oxygen atoms in total. The maximum atomic E-state index is 11.4. The summed E-state index contributed by atoms with van der Waals surface area (Å²) in [5.74, 6) is -0.416. The number of rotatable bonds is 2. The predicted molar refractivity (Wildman–Crippen MR) is 70.5 cm³/mol. The Morgan fingerprint density at radius 3 is 2.39 bits per heavy atom. The molecule has 1 heterocycles. The number of methoxy groups -OCH3 is 1. The van der Waals surface area contributed by atoms with Crippen molar-refractivity contribution in [1.82, 2.24) is 4.98 Å². The molecule has 2 rings (SSSR count). The van der Waals surface area contributed by atoms with Crippen LogP contribution in [0.2, 0.25) is 0 Å². The van der Waals surface area contributed by atoms with E-state index in [0.717, 1.165) is 11.3 Å². The van der Waals surface area contributed by atoms with Gasteiger partial charge in [-0.05, 0) is 38.1 Å². The van der Waals surface area contributed by atoms with Crippen molar-refractivity contribution in [2.24, 2.45) is 0 Å². The minimum Gasteiger partial charge on any atom is -0.464 e. The van der Waals surface area contributed by atoms with Gasteiger partial charge in [0.2, 0.25) is 0 Å². The normalized spacial score (nSPS) is 10.2. The molecule has 3 heteroatoms. The second-order valence-electron chi connectivity index (χ2n) is 4.28. The molecule has 0 aliphatic rings. The smallest absolute Gasteiger partial charge is 0.356 e. The van der Waals surface area contributed by atoms with Gasteiger partial charge in [0.1, 0.15) is 5.69 Å². The number of pyridine rings is 1. The number of carbonyl (C=O) groups excluding carboxylic acids is 1. The van der Waals surface area contributed by atoms with Gasteiger partial charge in [-0.15, -0.1) is 0 Å². The third kappa shape index (κ3) is 2.56. The number of benzene rings is 1. The number of esters is 1. The lowest BCUT2D eigenvalue weighted by molar-refractivity contribution is 0.0594. The topological polar surface area (TPSA) is 39.2 Å². The van der Waals surface area contributed by atoms with Gasteiger partial charge in [0, 0.05) is 5.56 Å². The van der Waals surface area contributed by atoms with Crippen LogP contribution >= 0.6 is 0 Å². The molecule has 0 fully saturated rings. The monoisotopic (exact) mass is 241 g/mol. The van der Waals surface area contributed by atoms with Gasteiger partial charge in [-0.2, -0.15) is 0 Å². The van der Waals surface area contributed by atoms with E-state index in [-0.39, 0.29) is 0 Å². The van der Waals surface area contributed by atoms with E-state index < -0.39 is 5.97 Å². The molecule has 0 aliphatic heterocycles. The van der Waals surface area contributed by atoms with Crippen LogP contribution in [0.4, 0.5) is 0 Å². The average Bonchev–Trinajstić information content (AvgIpc) is 2.37. The molecule has 18 heavy (non-hydrogen) atoms. The van der Waals surface area contributed by atoms with E-state index in [0.29, 0.717) is 5.69 Å². The zero-order valence-electron chi connectivity index (χ0n) is 10.7. The van der Waals surface area contributed by atoms with Crippen LogP contribution < -0.4 is 0 Å². The molecule has 1 aromatic carbocycles. The van der Waals surface area contributed by atoms with Crippen LogP contribution in [0.5, 0.6) is 0 Å². The summed E-state index contributed by atoms with van der Waals surface area (Å²) in [5, 5.41) is 0. The number of aromatic nitrogens is 1. The number of carbonyl (C=O) groups is 1. The fourth-order valence-electron chi connectivity index (χ4n) is 1.94. The standard InChI is InChI=1S/C15H15NO2/c1-10-7-11(2)9-12(8-10)13-5-4-6-14(16-13)15(17)18-3/h4-9H,1-3H3. The molecule has 2 aromatic rings. The quantitative estimate of drug-likeness (QED) is 0.758. The van der Waals surface area contributed by atoms with Crippen molar-refractivity contribution in [3.63, 3.8) is 0 Å². The van der Waals surface area contributed by atoms with Crippen LogP contribution in [-0.4, -0.2) is 18.1 Å². The van der Waals surface area contributed by atoms with Gasteiger partial charge in [0.25, 0.3) is 0 Å². The van der Waals surface area contributed by atoms with Crippen molar-refractivity contribution in [2.75, 3.05) is 7.11 Å². The molecule has 0 atom stereocenters. The van der Waals surface area contributed by atoms with Gasteiger partial charge in [-0.3, -0.25) is 0 Å². The van der Waals surface area contributed by atoms with E-state index in [1.165, 1.54) is 18.2 Å². The largest absolute Gasteiger partial charge is 0.464 e. The van der Waals surface area contributed by atoms with Gasteiger partial charge in [-0.1, -0.05) is 23.3 Å². The van der Waals surface area contributed by atoms with Gasteiger partial charge < -0.3 is 4.74 Å². The summed E-state index contributed by atoms with van der Waals surface area (Å²) in [6, 6.07) is 11.6. The highest BCUT2D eigenvalue weighted by molar-refractivity contribution is 5.87. The Morgan fingerprint density at radius 1 is 1.11 bits per heavy atom. The zero-order valence-corrected chi connectivity index (χ0v) is 10.7. The van der Waals surface area contributed by atoms with Gasteiger partial charge >= 0.3 is 5.97 Å². The minimum atomic E-state index is -0.416. The molecule has 0 saturated carbocycles. The molecule has 0 amide bonds. The van der Waals surface area contributed by atoms with Crippen molar-refractivity contribution >= 4 is 5.97 Å². The number of aryl methyl sites for hydroxylation is 2. The molecular formula is C15H15NO2. The van der Waals surface area contributed by atoms with Crippen LogP contribution in [0, 0.1) is 13.8 Å². The summed E-state index contributed by atoms with van der Waals surface area (Å²) in [4.78, 5) is 15.8. The first-order valence-corrected chi connectivity index (χ1v) is 5.74. The lowest BCUT2D eigenvalue weighted by atomic mass is 10.0. The Labute approximate surface area is 106 Å². The fourth-order valence-corrected chi connectivity index (χ4v) is 1.94. The van der Waals surface area contributed by atoms with E-state index in [1.807, 2.05) is 26.0 Å². The maximum absolute atomic E-state index is 11.4.